The van der Waals surface area contributed by atoms with Gasteiger partial charge in [-0.3, -0.25) is 0 Å². The minimum Gasteiger partial charge on any atom is -0.475 e. The summed E-state index contributed by atoms with van der Waals surface area (Å²) in [5, 5.41) is 0. The van der Waals surface area contributed by atoms with Crippen molar-refractivity contribution in [3.8, 4) is 11.1 Å². The van der Waals surface area contributed by atoms with E-state index in [1.807, 2.05) is 30.5 Å². The number of hydrogen-bond acceptors (Lipinski definition) is 4. The standard InChI is InChI=1S/C25H23F2N3O/c26-20-5-4-6-21(27)24(20)25-29-22(16-31-25)18-9-7-17(8-10-18)19-11-12-23(28-15-19)30-13-2-1-3-14-30/h4-12,15,22H,1-3,13-14,16H2. The number of benzene rings is 2. The van der Waals surface area contributed by atoms with E-state index in [-0.39, 0.29) is 24.1 Å². The van der Waals surface area contributed by atoms with Gasteiger partial charge in [0.2, 0.25) is 5.90 Å². The van der Waals surface area contributed by atoms with E-state index in [1.165, 1.54) is 37.5 Å². The maximum absolute atomic E-state index is 14.0. The average molecular weight is 419 g/mol. The molecule has 0 saturated carbocycles. The van der Waals surface area contributed by atoms with Crippen LogP contribution in [0.4, 0.5) is 14.6 Å². The van der Waals surface area contributed by atoms with E-state index in [0.717, 1.165) is 35.6 Å². The number of nitrogens with zero attached hydrogens (tertiary/aromatic N) is 3. The van der Waals surface area contributed by atoms with Gasteiger partial charge >= 0.3 is 0 Å². The summed E-state index contributed by atoms with van der Waals surface area (Å²) in [6, 6.07) is 15.6. The van der Waals surface area contributed by atoms with Gasteiger partial charge in [-0.15, -0.1) is 0 Å². The summed E-state index contributed by atoms with van der Waals surface area (Å²) < 4.78 is 33.5. The summed E-state index contributed by atoms with van der Waals surface area (Å²) in [6.07, 6.45) is 5.66. The number of rotatable bonds is 4. The molecule has 1 atom stereocenters. The Bertz CT molecular complexity index is 1070. The molecular weight excluding hydrogens is 396 g/mol. The molecule has 2 aromatic carbocycles. The normalized spacial score (nSPS) is 18.6. The van der Waals surface area contributed by atoms with Gasteiger partial charge in [0.15, 0.2) is 0 Å². The Hall–Kier alpha value is -3.28. The van der Waals surface area contributed by atoms with Gasteiger partial charge in [0.05, 0.1) is 0 Å². The first-order valence-corrected chi connectivity index (χ1v) is 10.7. The van der Waals surface area contributed by atoms with E-state index in [4.69, 9.17) is 4.74 Å². The molecule has 5 rings (SSSR count). The molecule has 0 radical (unpaired) electrons. The summed E-state index contributed by atoms with van der Waals surface area (Å²) in [5.74, 6) is -0.293. The van der Waals surface area contributed by atoms with Gasteiger partial charge in [-0.2, -0.15) is 0 Å². The van der Waals surface area contributed by atoms with Crippen molar-refractivity contribution in [2.75, 3.05) is 24.6 Å². The molecule has 6 heteroatoms. The van der Waals surface area contributed by atoms with Crippen LogP contribution in [-0.2, 0) is 4.74 Å². The number of ether oxygens (including phenoxy) is 1. The molecule has 0 amide bonds. The van der Waals surface area contributed by atoms with Crippen molar-refractivity contribution in [1.82, 2.24) is 4.98 Å². The van der Waals surface area contributed by atoms with Crippen molar-refractivity contribution >= 4 is 11.7 Å². The minimum absolute atomic E-state index is 0.0159. The summed E-state index contributed by atoms with van der Waals surface area (Å²) in [6.45, 7) is 2.40. The zero-order valence-electron chi connectivity index (χ0n) is 17.1. The molecule has 0 aliphatic carbocycles. The van der Waals surface area contributed by atoms with Gasteiger partial charge in [0, 0.05) is 24.8 Å². The second-order valence-electron chi connectivity index (χ2n) is 7.93. The number of hydrogen-bond donors (Lipinski definition) is 0. The van der Waals surface area contributed by atoms with E-state index in [0.29, 0.717) is 0 Å². The summed E-state index contributed by atoms with van der Waals surface area (Å²) >= 11 is 0. The van der Waals surface area contributed by atoms with Crippen LogP contribution in [-0.4, -0.2) is 30.6 Å². The van der Waals surface area contributed by atoms with Crippen molar-refractivity contribution < 1.29 is 13.5 Å². The number of piperidine rings is 1. The SMILES string of the molecule is Fc1cccc(F)c1C1=NC(c2ccc(-c3ccc(N4CCCCC4)nc3)cc2)CO1. The molecule has 1 saturated heterocycles. The van der Waals surface area contributed by atoms with Crippen molar-refractivity contribution in [3.63, 3.8) is 0 Å². The average Bonchev–Trinajstić information content (AvgIpc) is 3.30. The lowest BCUT2D eigenvalue weighted by molar-refractivity contribution is 0.317. The highest BCUT2D eigenvalue weighted by Gasteiger charge is 2.26. The fraction of sp³-hybridized carbons (Fsp3) is 0.280. The van der Waals surface area contributed by atoms with Crippen LogP contribution in [0.1, 0.15) is 36.4 Å². The van der Waals surface area contributed by atoms with Crippen LogP contribution in [0.25, 0.3) is 11.1 Å². The van der Waals surface area contributed by atoms with Crippen molar-refractivity contribution in [2.45, 2.75) is 25.3 Å². The number of anilines is 1. The number of aromatic nitrogens is 1. The Balaban J connectivity index is 1.32. The Morgan fingerprint density at radius 1 is 0.839 bits per heavy atom. The first-order chi connectivity index (χ1) is 15.2. The van der Waals surface area contributed by atoms with Crippen LogP contribution in [0.3, 0.4) is 0 Å². The topological polar surface area (TPSA) is 37.7 Å². The predicted octanol–water partition coefficient (Wildman–Crippen LogP) is 5.54. The largest absolute Gasteiger partial charge is 0.475 e. The van der Waals surface area contributed by atoms with Gasteiger partial charge in [0.25, 0.3) is 0 Å². The number of halogens is 2. The van der Waals surface area contributed by atoms with Gasteiger partial charge in [-0.25, -0.2) is 18.8 Å². The lowest BCUT2D eigenvalue weighted by atomic mass is 10.0. The molecule has 2 aliphatic heterocycles. The van der Waals surface area contributed by atoms with Gasteiger partial charge < -0.3 is 9.64 Å². The Kier molecular flexibility index (Phi) is 5.37. The predicted molar refractivity (Wildman–Crippen MR) is 117 cm³/mol. The summed E-state index contributed by atoms with van der Waals surface area (Å²) in [4.78, 5) is 11.4. The molecule has 0 spiro atoms. The summed E-state index contributed by atoms with van der Waals surface area (Å²) in [7, 11) is 0. The molecular formula is C25H23F2N3O. The van der Waals surface area contributed by atoms with E-state index >= 15 is 0 Å². The van der Waals surface area contributed by atoms with Crippen molar-refractivity contribution in [1.29, 1.82) is 0 Å². The highest BCUT2D eigenvalue weighted by Crippen LogP contribution is 2.29. The highest BCUT2D eigenvalue weighted by molar-refractivity contribution is 5.95. The second kappa shape index (κ2) is 8.46. The molecule has 1 fully saturated rings. The van der Waals surface area contributed by atoms with Crippen LogP contribution < -0.4 is 4.90 Å². The molecule has 158 valence electrons. The van der Waals surface area contributed by atoms with Crippen molar-refractivity contribution in [2.24, 2.45) is 4.99 Å². The van der Waals surface area contributed by atoms with Crippen molar-refractivity contribution in [3.05, 3.63) is 83.6 Å². The Labute approximate surface area is 180 Å². The van der Waals surface area contributed by atoms with Crippen LogP contribution in [0, 0.1) is 11.6 Å². The van der Waals surface area contributed by atoms with Crippen LogP contribution >= 0.6 is 0 Å². The third-order valence-corrected chi connectivity index (χ3v) is 5.88. The quantitative estimate of drug-likeness (QED) is 0.558. The maximum Gasteiger partial charge on any atom is 0.222 e. The smallest absolute Gasteiger partial charge is 0.222 e. The monoisotopic (exact) mass is 419 g/mol. The lowest BCUT2D eigenvalue weighted by Crippen LogP contribution is -2.29. The Morgan fingerprint density at radius 3 is 2.23 bits per heavy atom. The van der Waals surface area contributed by atoms with Crippen LogP contribution in [0.5, 0.6) is 0 Å². The molecule has 1 unspecified atom stereocenters. The van der Waals surface area contributed by atoms with Gasteiger partial charge in [0.1, 0.15) is 35.7 Å². The molecule has 0 bridgehead atoms. The maximum atomic E-state index is 14.0. The fourth-order valence-electron chi connectivity index (χ4n) is 4.15. The number of pyridine rings is 1. The molecule has 2 aliphatic rings. The van der Waals surface area contributed by atoms with Gasteiger partial charge in [-0.05, 0) is 54.7 Å². The Morgan fingerprint density at radius 2 is 1.55 bits per heavy atom. The first kappa shape index (κ1) is 19.7. The van der Waals surface area contributed by atoms with E-state index in [2.05, 4.69) is 27.0 Å². The third-order valence-electron chi connectivity index (χ3n) is 5.88. The highest BCUT2D eigenvalue weighted by atomic mass is 19.1. The fourth-order valence-corrected chi connectivity index (χ4v) is 4.15. The van der Waals surface area contributed by atoms with Gasteiger partial charge in [-0.1, -0.05) is 30.3 Å². The summed E-state index contributed by atoms with van der Waals surface area (Å²) in [5.41, 5.74) is 2.84. The third kappa shape index (κ3) is 4.02. The van der Waals surface area contributed by atoms with E-state index < -0.39 is 11.6 Å². The number of aliphatic imine (C=N–C) groups is 1. The lowest BCUT2D eigenvalue weighted by Gasteiger charge is -2.27. The molecule has 0 N–H and O–H groups in total. The molecule has 4 nitrogen and oxygen atoms in total. The second-order valence-corrected chi connectivity index (χ2v) is 7.93. The molecule has 1 aromatic heterocycles. The first-order valence-electron chi connectivity index (χ1n) is 10.7. The van der Waals surface area contributed by atoms with Crippen LogP contribution in [0.15, 0.2) is 65.8 Å². The minimum atomic E-state index is -0.671. The zero-order chi connectivity index (χ0) is 21.2. The van der Waals surface area contributed by atoms with E-state index in [1.54, 1.807) is 0 Å². The molecule has 3 heterocycles. The van der Waals surface area contributed by atoms with Crippen LogP contribution in [0.2, 0.25) is 0 Å². The zero-order valence-corrected chi connectivity index (χ0v) is 17.1. The van der Waals surface area contributed by atoms with E-state index in [9.17, 15) is 8.78 Å². The molecule has 31 heavy (non-hydrogen) atoms. The molecule has 3 aromatic rings.